The highest BCUT2D eigenvalue weighted by atomic mass is 14.9. The summed E-state index contributed by atoms with van der Waals surface area (Å²) in [6.45, 7) is 42.4. The number of nitrogens with one attached hydrogen (secondary N) is 3. The lowest BCUT2D eigenvalue weighted by atomic mass is 10.0. The third kappa shape index (κ3) is 37.5. The van der Waals surface area contributed by atoms with E-state index in [9.17, 15) is 0 Å². The maximum Gasteiger partial charge on any atom is 0.239 e. The molecular weight excluding hydrogens is 933 g/mol. The molecule has 10 aromatic rings. The molecule has 0 spiro atoms. The zero-order valence-corrected chi connectivity index (χ0v) is 50.1. The van der Waals surface area contributed by atoms with Crippen molar-refractivity contribution in [3.05, 3.63) is 235 Å². The number of benzene rings is 7. The summed E-state index contributed by atoms with van der Waals surface area (Å²) in [5.41, 5.74) is 11.6. The second-order valence-electron chi connectivity index (χ2n) is 14.0. The minimum Gasteiger partial charge on any atom is -0.361 e. The zero-order chi connectivity index (χ0) is 56.2. The van der Waals surface area contributed by atoms with Crippen molar-refractivity contribution in [2.75, 3.05) is 0 Å². The van der Waals surface area contributed by atoms with Crippen LogP contribution < -0.4 is 4.98 Å². The number of aromatic amines is 3. The SMILES string of the molecule is C.C.C.C.CC.CC.CC.CC.CC.CC.CC.CC.Cc1c[nH+]c[nH]1.Cc1c[nH]c2ccccc12.Cc1ccc(-c2ccccc2)cc1.Cc1ccccc1.Cc1cn(C)c2ccccc12.c1ccc2ccccc2c1. The van der Waals surface area contributed by atoms with Gasteiger partial charge in [0.15, 0.2) is 0 Å². The lowest BCUT2D eigenvalue weighted by Crippen LogP contribution is -1.88. The van der Waals surface area contributed by atoms with Gasteiger partial charge >= 0.3 is 0 Å². The van der Waals surface area contributed by atoms with E-state index in [0.717, 1.165) is 5.69 Å². The molecular formula is C73H119N4+. The average Bonchev–Trinajstić information content (AvgIpc) is 4.22. The Morgan fingerprint density at radius 3 is 1.08 bits per heavy atom. The Balaban J connectivity index is -0.000000117. The molecule has 3 heterocycles. The summed E-state index contributed by atoms with van der Waals surface area (Å²) in [6, 6.07) is 62.8. The van der Waals surface area contributed by atoms with Crippen LogP contribution in [0.2, 0.25) is 0 Å². The molecule has 430 valence electrons. The molecule has 7 aromatic carbocycles. The number of para-hydroxylation sites is 2. The summed E-state index contributed by atoms with van der Waals surface area (Å²) in [4.78, 5) is 9.01. The summed E-state index contributed by atoms with van der Waals surface area (Å²) in [6.07, 6.45) is 7.88. The highest BCUT2D eigenvalue weighted by Crippen LogP contribution is 2.20. The molecule has 0 fully saturated rings. The molecule has 4 nitrogen and oxygen atoms in total. The van der Waals surface area contributed by atoms with Gasteiger partial charge in [-0.25, -0.2) is 4.98 Å². The minimum absolute atomic E-state index is 0. The van der Waals surface area contributed by atoms with E-state index in [4.69, 9.17) is 0 Å². The van der Waals surface area contributed by atoms with E-state index in [-0.39, 0.29) is 29.7 Å². The fraction of sp³-hybridized carbons (Fsp3) is 0.356. The number of aromatic nitrogens is 4. The second-order valence-corrected chi connectivity index (χ2v) is 14.0. The first-order chi connectivity index (χ1) is 35.8. The normalized spacial score (nSPS) is 7.97. The van der Waals surface area contributed by atoms with Crippen LogP contribution in [0.4, 0.5) is 0 Å². The molecule has 0 aliphatic rings. The van der Waals surface area contributed by atoms with Gasteiger partial charge in [0.1, 0.15) is 11.9 Å². The highest BCUT2D eigenvalue weighted by molar-refractivity contribution is 5.84. The molecule has 0 unspecified atom stereocenters. The molecule has 0 saturated heterocycles. The number of hydrogen-bond acceptors (Lipinski definition) is 0. The number of fused-ring (bicyclic) bond motifs is 3. The standard InChI is InChI=1S/C13H12.C10H11N.C10H8.C9H9N.C7H8.C4H6N2.8C2H6.4CH4/c1-11-7-9-13(10-8-11)12-5-3-2-4-6-12;1-8-7-11(2)10-6-4-3-5-9(8)10;1-2-6-10-8-4-3-7-9(10)5-1;1-7-6-10-9-5-3-2-4-8(7)9;1-7-5-3-2-4-6-7;1-4-2-5-3-6-4;8*1-2;;;;/h2-10H,1H3;3-7H,1-2H3;1-8H;2-6,10H,1H3;2-6H,1H3;2-3H,1H3,(H,5,6);8*1-2H3;4*1H4/p+1. The molecule has 0 aliphatic carbocycles. The monoisotopic (exact) mass is 1050 g/mol. The van der Waals surface area contributed by atoms with Crippen molar-refractivity contribution < 1.29 is 4.98 Å². The van der Waals surface area contributed by atoms with Crippen LogP contribution >= 0.6 is 0 Å². The summed E-state index contributed by atoms with van der Waals surface area (Å²) >= 11 is 0. The summed E-state index contributed by atoms with van der Waals surface area (Å²) in [7, 11) is 2.08. The van der Waals surface area contributed by atoms with Gasteiger partial charge in [0.25, 0.3) is 0 Å². The van der Waals surface area contributed by atoms with Crippen molar-refractivity contribution in [1.82, 2.24) is 14.5 Å². The Morgan fingerprint density at radius 2 is 0.714 bits per heavy atom. The third-order valence-electron chi connectivity index (χ3n) is 9.33. The van der Waals surface area contributed by atoms with Crippen LogP contribution in [-0.2, 0) is 7.05 Å². The number of aryl methyl sites for hydroxylation is 6. The Hall–Kier alpha value is -6.91. The van der Waals surface area contributed by atoms with E-state index >= 15 is 0 Å². The van der Waals surface area contributed by atoms with E-state index in [1.807, 2.05) is 160 Å². The Bertz CT molecular complexity index is 2520. The van der Waals surface area contributed by atoms with Crippen LogP contribution in [0.3, 0.4) is 0 Å². The van der Waals surface area contributed by atoms with Crippen molar-refractivity contribution in [2.45, 2.75) is 175 Å². The van der Waals surface area contributed by atoms with Crippen molar-refractivity contribution in [2.24, 2.45) is 7.05 Å². The molecule has 0 aliphatic heterocycles. The minimum atomic E-state index is 0. The molecule has 0 saturated carbocycles. The Labute approximate surface area is 477 Å². The fourth-order valence-corrected chi connectivity index (χ4v) is 6.17. The Morgan fingerprint density at radius 1 is 0.351 bits per heavy atom. The van der Waals surface area contributed by atoms with Crippen molar-refractivity contribution in [3.8, 4) is 11.1 Å². The van der Waals surface area contributed by atoms with Crippen LogP contribution in [0.5, 0.6) is 0 Å². The number of imidazole rings is 1. The van der Waals surface area contributed by atoms with E-state index < -0.39 is 0 Å². The van der Waals surface area contributed by atoms with Crippen molar-refractivity contribution >= 4 is 32.6 Å². The van der Waals surface area contributed by atoms with Gasteiger partial charge in [-0.3, -0.25) is 4.98 Å². The van der Waals surface area contributed by atoms with Crippen LogP contribution in [0.15, 0.2) is 207 Å². The van der Waals surface area contributed by atoms with Crippen LogP contribution in [0.25, 0.3) is 43.7 Å². The number of rotatable bonds is 1. The van der Waals surface area contributed by atoms with Gasteiger partial charge < -0.3 is 9.55 Å². The predicted molar refractivity (Wildman–Crippen MR) is 362 cm³/mol. The topological polar surface area (TPSA) is 50.6 Å². The van der Waals surface area contributed by atoms with Crippen LogP contribution in [0.1, 0.15) is 168 Å². The van der Waals surface area contributed by atoms with Crippen molar-refractivity contribution in [3.63, 3.8) is 0 Å². The van der Waals surface area contributed by atoms with Gasteiger partial charge in [0.2, 0.25) is 6.33 Å². The molecule has 4 heteroatoms. The van der Waals surface area contributed by atoms with Gasteiger partial charge in [0.05, 0.1) is 0 Å². The molecule has 3 aromatic heterocycles. The number of nitrogens with zero attached hydrogens (tertiary/aromatic N) is 1. The largest absolute Gasteiger partial charge is 0.361 e. The van der Waals surface area contributed by atoms with Gasteiger partial charge in [-0.15, -0.1) is 0 Å². The first kappa shape index (κ1) is 86.8. The van der Waals surface area contributed by atoms with Gasteiger partial charge in [-0.2, -0.15) is 0 Å². The first-order valence-electron chi connectivity index (χ1n) is 27.4. The maximum absolute atomic E-state index is 3.19. The van der Waals surface area contributed by atoms with E-state index in [2.05, 4.69) is 212 Å². The van der Waals surface area contributed by atoms with Gasteiger partial charge in [-0.1, -0.05) is 321 Å². The lowest BCUT2D eigenvalue weighted by molar-refractivity contribution is -0.376. The average molecular weight is 1050 g/mol. The van der Waals surface area contributed by atoms with Crippen LogP contribution in [0, 0.1) is 34.6 Å². The zero-order valence-electron chi connectivity index (χ0n) is 50.1. The lowest BCUT2D eigenvalue weighted by Gasteiger charge is -2.00. The molecule has 77 heavy (non-hydrogen) atoms. The van der Waals surface area contributed by atoms with E-state index in [0.29, 0.717) is 0 Å². The summed E-state index contributed by atoms with van der Waals surface area (Å²) in [5, 5.41) is 5.30. The third-order valence-corrected chi connectivity index (χ3v) is 9.33. The Kier molecular flexibility index (Phi) is 69.5. The molecule has 0 amide bonds. The fourth-order valence-electron chi connectivity index (χ4n) is 6.17. The highest BCUT2D eigenvalue weighted by Gasteiger charge is 1.99. The van der Waals surface area contributed by atoms with E-state index in [1.54, 1.807) is 6.33 Å². The summed E-state index contributed by atoms with van der Waals surface area (Å²) in [5.74, 6) is 0. The number of H-pyrrole nitrogens is 3. The molecule has 0 radical (unpaired) electrons. The van der Waals surface area contributed by atoms with Gasteiger partial charge in [0, 0.05) is 48.2 Å². The number of hydrogen-bond donors (Lipinski definition) is 2. The molecule has 10 rings (SSSR count). The van der Waals surface area contributed by atoms with Crippen LogP contribution in [-0.4, -0.2) is 14.5 Å². The molecule has 0 bridgehead atoms. The summed E-state index contributed by atoms with van der Waals surface area (Å²) < 4.78 is 2.16. The second kappa shape index (κ2) is 61.6. The maximum atomic E-state index is 3.19. The first-order valence-corrected chi connectivity index (χ1v) is 27.4. The predicted octanol–water partition coefficient (Wildman–Crippen LogP) is 24.4. The van der Waals surface area contributed by atoms with Crippen molar-refractivity contribution in [1.29, 1.82) is 0 Å². The molecule has 0 atom stereocenters. The van der Waals surface area contributed by atoms with E-state index in [1.165, 1.54) is 66.0 Å². The molecule has 3 N–H and O–H groups in total. The quantitative estimate of drug-likeness (QED) is 0.165. The van der Waals surface area contributed by atoms with Gasteiger partial charge in [-0.05, 0) is 72.9 Å². The smallest absolute Gasteiger partial charge is 0.239 e.